The van der Waals surface area contributed by atoms with Crippen LogP contribution in [0.25, 0.3) is 0 Å². The zero-order valence-electron chi connectivity index (χ0n) is 11.1. The van der Waals surface area contributed by atoms with Gasteiger partial charge in [-0.25, -0.2) is 8.42 Å². The molecular formula is C10H16N2O5S2. The van der Waals surface area contributed by atoms with Gasteiger partial charge in [0.05, 0.1) is 6.26 Å². The van der Waals surface area contributed by atoms with Gasteiger partial charge in [0.15, 0.2) is 5.03 Å². The summed E-state index contributed by atoms with van der Waals surface area (Å²) in [6.45, 7) is 3.43. The van der Waals surface area contributed by atoms with E-state index in [9.17, 15) is 16.8 Å². The van der Waals surface area contributed by atoms with Crippen molar-refractivity contribution < 1.29 is 21.0 Å². The minimum atomic E-state index is -3.77. The molecule has 0 fully saturated rings. The molecule has 19 heavy (non-hydrogen) atoms. The molecule has 7 nitrogen and oxygen atoms in total. The molecule has 108 valence electrons. The highest BCUT2D eigenvalue weighted by Crippen LogP contribution is 2.18. The Balaban J connectivity index is 3.20. The highest BCUT2D eigenvalue weighted by Gasteiger charge is 2.25. The number of sulfonamides is 1. The molecule has 0 spiro atoms. The largest absolute Gasteiger partial charge is 0.362 e. The van der Waals surface area contributed by atoms with Gasteiger partial charge in [0.2, 0.25) is 5.88 Å². The van der Waals surface area contributed by atoms with Crippen LogP contribution in [0.5, 0.6) is 5.88 Å². The molecule has 0 saturated carbocycles. The molecule has 1 aromatic heterocycles. The summed E-state index contributed by atoms with van der Waals surface area (Å²) in [5.41, 5.74) is 0. The Bertz CT molecular complexity index is 652. The quantitative estimate of drug-likeness (QED) is 0.733. The van der Waals surface area contributed by atoms with Gasteiger partial charge in [0.1, 0.15) is 0 Å². The van der Waals surface area contributed by atoms with Gasteiger partial charge in [0.25, 0.3) is 10.0 Å². The highest BCUT2D eigenvalue weighted by atomic mass is 32.2. The molecule has 1 rings (SSSR count). The van der Waals surface area contributed by atoms with Crippen molar-refractivity contribution in [2.75, 3.05) is 13.3 Å². The maximum Gasteiger partial charge on any atom is 0.307 e. The van der Waals surface area contributed by atoms with E-state index in [2.05, 4.69) is 9.17 Å². The Morgan fingerprint density at radius 3 is 2.26 bits per heavy atom. The summed E-state index contributed by atoms with van der Waals surface area (Å²) in [6.07, 6.45) is 0.857. The fraction of sp³-hybridized carbons (Fsp3) is 0.500. The standard InChI is InChI=1S/C10H16N2O5S2/c1-8(2)12(3)19(15,16)10-7-5-6-9(11-10)17-18(4,13)14/h5-8H,1-4H3. The number of nitrogens with zero attached hydrogens (tertiary/aromatic N) is 2. The summed E-state index contributed by atoms with van der Waals surface area (Å²) < 4.78 is 52.0. The molecule has 9 heteroatoms. The van der Waals surface area contributed by atoms with E-state index in [-0.39, 0.29) is 16.9 Å². The van der Waals surface area contributed by atoms with Gasteiger partial charge < -0.3 is 4.18 Å². The monoisotopic (exact) mass is 308 g/mol. The van der Waals surface area contributed by atoms with E-state index >= 15 is 0 Å². The van der Waals surface area contributed by atoms with Gasteiger partial charge in [-0.2, -0.15) is 17.7 Å². The van der Waals surface area contributed by atoms with Crippen molar-refractivity contribution in [1.29, 1.82) is 0 Å². The van der Waals surface area contributed by atoms with Crippen LogP contribution < -0.4 is 4.18 Å². The lowest BCUT2D eigenvalue weighted by molar-refractivity contribution is 0.407. The van der Waals surface area contributed by atoms with Crippen LogP contribution in [-0.2, 0) is 20.1 Å². The lowest BCUT2D eigenvalue weighted by Gasteiger charge is -2.20. The molecule has 0 aliphatic rings. The third-order valence-corrected chi connectivity index (χ3v) is 4.71. The van der Waals surface area contributed by atoms with Crippen LogP contribution in [0, 0.1) is 0 Å². The van der Waals surface area contributed by atoms with Crippen LogP contribution in [0.3, 0.4) is 0 Å². The van der Waals surface area contributed by atoms with E-state index in [1.165, 1.54) is 25.2 Å². The van der Waals surface area contributed by atoms with Crippen LogP contribution in [0.2, 0.25) is 0 Å². The summed E-state index contributed by atoms with van der Waals surface area (Å²) in [5.74, 6) is -0.277. The molecule has 0 saturated heterocycles. The van der Waals surface area contributed by atoms with Gasteiger partial charge in [-0.3, -0.25) is 0 Å². The molecule has 1 heterocycles. The van der Waals surface area contributed by atoms with Gasteiger partial charge in [-0.15, -0.1) is 0 Å². The zero-order valence-corrected chi connectivity index (χ0v) is 12.7. The molecule has 0 aromatic carbocycles. The van der Waals surface area contributed by atoms with E-state index in [0.29, 0.717) is 0 Å². The molecule has 0 amide bonds. The van der Waals surface area contributed by atoms with Crippen molar-refractivity contribution in [2.45, 2.75) is 24.9 Å². The second-order valence-electron chi connectivity index (χ2n) is 4.22. The Kier molecular flexibility index (Phi) is 4.54. The Hall–Kier alpha value is -1.19. The molecule has 0 aliphatic carbocycles. The molecule has 0 unspecified atom stereocenters. The van der Waals surface area contributed by atoms with E-state index in [0.717, 1.165) is 10.6 Å². The lowest BCUT2D eigenvalue weighted by Crippen LogP contribution is -2.33. The van der Waals surface area contributed by atoms with Crippen LogP contribution in [0.1, 0.15) is 13.8 Å². The van der Waals surface area contributed by atoms with Crippen molar-refractivity contribution in [1.82, 2.24) is 9.29 Å². The smallest absolute Gasteiger partial charge is 0.307 e. The van der Waals surface area contributed by atoms with E-state index < -0.39 is 20.1 Å². The Labute approximate surface area is 113 Å². The molecule has 0 radical (unpaired) electrons. The number of rotatable bonds is 5. The fourth-order valence-corrected chi connectivity index (χ4v) is 2.88. The van der Waals surface area contributed by atoms with E-state index in [4.69, 9.17) is 0 Å². The number of pyridine rings is 1. The normalized spacial score (nSPS) is 12.9. The van der Waals surface area contributed by atoms with Crippen molar-refractivity contribution in [2.24, 2.45) is 0 Å². The topological polar surface area (TPSA) is 93.6 Å². The predicted octanol–water partition coefficient (Wildman–Crippen LogP) is 0.449. The van der Waals surface area contributed by atoms with Crippen LogP contribution in [-0.4, -0.2) is 45.5 Å². The molecule has 0 bridgehead atoms. The van der Waals surface area contributed by atoms with Crippen molar-refractivity contribution in [3.63, 3.8) is 0 Å². The Morgan fingerprint density at radius 2 is 1.79 bits per heavy atom. The zero-order chi connectivity index (χ0) is 14.8. The molecule has 1 aromatic rings. The van der Waals surface area contributed by atoms with Crippen molar-refractivity contribution in [3.8, 4) is 5.88 Å². The Morgan fingerprint density at radius 1 is 1.21 bits per heavy atom. The minimum Gasteiger partial charge on any atom is -0.362 e. The number of hydrogen-bond donors (Lipinski definition) is 0. The van der Waals surface area contributed by atoms with Crippen LogP contribution in [0.15, 0.2) is 23.2 Å². The first kappa shape index (κ1) is 15.9. The van der Waals surface area contributed by atoms with Gasteiger partial charge in [0, 0.05) is 19.2 Å². The third kappa shape index (κ3) is 4.15. The fourth-order valence-electron chi connectivity index (χ4n) is 1.17. The van der Waals surface area contributed by atoms with Gasteiger partial charge >= 0.3 is 10.1 Å². The second kappa shape index (κ2) is 5.43. The average Bonchev–Trinajstić information content (AvgIpc) is 2.25. The lowest BCUT2D eigenvalue weighted by atomic mass is 10.4. The molecule has 0 aliphatic heterocycles. The summed E-state index contributed by atoms with van der Waals surface area (Å²) in [5, 5.41) is -0.259. The van der Waals surface area contributed by atoms with Gasteiger partial charge in [-0.05, 0) is 19.9 Å². The third-order valence-electron chi connectivity index (χ3n) is 2.31. The van der Waals surface area contributed by atoms with E-state index in [1.807, 2.05) is 0 Å². The van der Waals surface area contributed by atoms with Gasteiger partial charge in [-0.1, -0.05) is 6.07 Å². The van der Waals surface area contributed by atoms with Crippen molar-refractivity contribution >= 4 is 20.1 Å². The number of hydrogen-bond acceptors (Lipinski definition) is 6. The predicted molar refractivity (Wildman–Crippen MR) is 69.8 cm³/mol. The second-order valence-corrected chi connectivity index (χ2v) is 7.74. The maximum absolute atomic E-state index is 12.1. The summed E-state index contributed by atoms with van der Waals surface area (Å²) in [4.78, 5) is 3.70. The molecular weight excluding hydrogens is 292 g/mol. The van der Waals surface area contributed by atoms with E-state index in [1.54, 1.807) is 13.8 Å². The first-order valence-electron chi connectivity index (χ1n) is 5.38. The maximum atomic E-state index is 12.1. The first-order chi connectivity index (χ1) is 8.54. The SMILES string of the molecule is CC(C)N(C)S(=O)(=O)c1cccc(OS(C)(=O)=O)n1. The average molecular weight is 308 g/mol. The van der Waals surface area contributed by atoms with Crippen LogP contribution in [0.4, 0.5) is 0 Å². The summed E-state index contributed by atoms with van der Waals surface area (Å²) in [7, 11) is -6.09. The molecule has 0 atom stereocenters. The number of aromatic nitrogens is 1. The summed E-state index contributed by atoms with van der Waals surface area (Å²) in [6, 6.07) is 3.68. The molecule has 0 N–H and O–H groups in total. The van der Waals surface area contributed by atoms with Crippen LogP contribution >= 0.6 is 0 Å². The summed E-state index contributed by atoms with van der Waals surface area (Å²) >= 11 is 0. The minimum absolute atomic E-state index is 0.244. The highest BCUT2D eigenvalue weighted by molar-refractivity contribution is 7.89. The van der Waals surface area contributed by atoms with Crippen molar-refractivity contribution in [3.05, 3.63) is 18.2 Å². The first-order valence-corrected chi connectivity index (χ1v) is 8.64.